The number of furan rings is 1. The number of rotatable bonds is 4. The predicted octanol–water partition coefficient (Wildman–Crippen LogP) is 2.34. The summed E-state index contributed by atoms with van der Waals surface area (Å²) in [5.41, 5.74) is 0. The van der Waals surface area contributed by atoms with Crippen LogP contribution in [0, 0.1) is 5.92 Å². The van der Waals surface area contributed by atoms with Gasteiger partial charge in [0.1, 0.15) is 5.76 Å². The molecule has 0 aromatic carbocycles. The van der Waals surface area contributed by atoms with Crippen LogP contribution in [0.2, 0.25) is 0 Å². The predicted molar refractivity (Wildman–Crippen MR) is 47.8 cm³/mol. The Balaban J connectivity index is 1.97. The first-order valence-corrected chi connectivity index (χ1v) is 4.61. The van der Waals surface area contributed by atoms with Gasteiger partial charge in [0.25, 0.3) is 0 Å². The first-order valence-electron chi connectivity index (χ1n) is 4.61. The molecule has 0 bridgehead atoms. The molecule has 0 saturated heterocycles. The van der Waals surface area contributed by atoms with Crippen molar-refractivity contribution in [1.82, 2.24) is 5.32 Å². The molecule has 0 radical (unpaired) electrons. The van der Waals surface area contributed by atoms with Gasteiger partial charge in [0.05, 0.1) is 12.3 Å². The highest BCUT2D eigenvalue weighted by Crippen LogP contribution is 2.37. The van der Waals surface area contributed by atoms with Crippen molar-refractivity contribution in [3.05, 3.63) is 24.2 Å². The van der Waals surface area contributed by atoms with Gasteiger partial charge in [-0.15, -0.1) is 0 Å². The minimum atomic E-state index is 0.424. The summed E-state index contributed by atoms with van der Waals surface area (Å²) in [5, 5.41) is 3.28. The Bertz CT molecular complexity index is 226. The summed E-state index contributed by atoms with van der Waals surface area (Å²) in [6.07, 6.45) is 5.77. The lowest BCUT2D eigenvalue weighted by atomic mass is 10.1. The Morgan fingerprint density at radius 3 is 3.00 bits per heavy atom. The summed E-state index contributed by atoms with van der Waals surface area (Å²) in [6.45, 7) is 0. The molecule has 1 aliphatic carbocycles. The van der Waals surface area contributed by atoms with Gasteiger partial charge < -0.3 is 9.73 Å². The molecule has 0 amide bonds. The van der Waals surface area contributed by atoms with E-state index >= 15 is 0 Å². The fourth-order valence-electron chi connectivity index (χ4n) is 1.55. The van der Waals surface area contributed by atoms with Gasteiger partial charge in [0.2, 0.25) is 0 Å². The van der Waals surface area contributed by atoms with E-state index < -0.39 is 0 Å². The van der Waals surface area contributed by atoms with E-state index in [0.29, 0.717) is 6.04 Å². The standard InChI is InChI=1S/C10H15NO/c1-11-9(7-8-4-5-8)10-3-2-6-12-10/h2-3,6,8-9,11H,4-5,7H2,1H3. The summed E-state index contributed by atoms with van der Waals surface area (Å²) in [7, 11) is 2.00. The average Bonchev–Trinajstić information content (AvgIpc) is 2.74. The minimum absolute atomic E-state index is 0.424. The Kier molecular flexibility index (Phi) is 2.17. The second kappa shape index (κ2) is 3.31. The Morgan fingerprint density at radius 2 is 2.50 bits per heavy atom. The van der Waals surface area contributed by atoms with Crippen LogP contribution in [0.25, 0.3) is 0 Å². The van der Waals surface area contributed by atoms with Crippen molar-refractivity contribution in [3.63, 3.8) is 0 Å². The molecule has 0 spiro atoms. The molecule has 1 aliphatic rings. The van der Waals surface area contributed by atoms with E-state index in [9.17, 15) is 0 Å². The molecule has 2 nitrogen and oxygen atoms in total. The summed E-state index contributed by atoms with van der Waals surface area (Å²) in [6, 6.07) is 4.42. The largest absolute Gasteiger partial charge is 0.468 e. The van der Waals surface area contributed by atoms with Gasteiger partial charge >= 0.3 is 0 Å². The smallest absolute Gasteiger partial charge is 0.120 e. The number of nitrogens with one attached hydrogen (secondary N) is 1. The lowest BCUT2D eigenvalue weighted by Crippen LogP contribution is -2.16. The maximum absolute atomic E-state index is 5.35. The minimum Gasteiger partial charge on any atom is -0.468 e. The van der Waals surface area contributed by atoms with Gasteiger partial charge in [0.15, 0.2) is 0 Å². The third-order valence-corrected chi connectivity index (χ3v) is 2.50. The second-order valence-electron chi connectivity index (χ2n) is 3.54. The van der Waals surface area contributed by atoms with E-state index in [4.69, 9.17) is 4.42 Å². The first-order chi connectivity index (χ1) is 5.90. The highest BCUT2D eigenvalue weighted by Gasteiger charge is 2.26. The number of hydrogen-bond donors (Lipinski definition) is 1. The van der Waals surface area contributed by atoms with Crippen molar-refractivity contribution < 1.29 is 4.42 Å². The average molecular weight is 165 g/mol. The van der Waals surface area contributed by atoms with Crippen molar-refractivity contribution >= 4 is 0 Å². The molecule has 1 N–H and O–H groups in total. The molecular weight excluding hydrogens is 150 g/mol. The van der Waals surface area contributed by atoms with Crippen molar-refractivity contribution in [2.75, 3.05) is 7.05 Å². The molecule has 1 aromatic rings. The second-order valence-corrected chi connectivity index (χ2v) is 3.54. The molecule has 1 aromatic heterocycles. The molecular formula is C10H15NO. The van der Waals surface area contributed by atoms with E-state index in [1.54, 1.807) is 6.26 Å². The lowest BCUT2D eigenvalue weighted by Gasteiger charge is -2.12. The topological polar surface area (TPSA) is 25.2 Å². The normalized spacial score (nSPS) is 19.4. The third-order valence-electron chi connectivity index (χ3n) is 2.50. The van der Waals surface area contributed by atoms with E-state index in [1.807, 2.05) is 19.2 Å². The zero-order chi connectivity index (χ0) is 8.39. The highest BCUT2D eigenvalue weighted by atomic mass is 16.3. The van der Waals surface area contributed by atoms with Crippen molar-refractivity contribution in [1.29, 1.82) is 0 Å². The summed E-state index contributed by atoms with van der Waals surface area (Å²) < 4.78 is 5.35. The number of hydrogen-bond acceptors (Lipinski definition) is 2. The maximum Gasteiger partial charge on any atom is 0.120 e. The van der Waals surface area contributed by atoms with Gasteiger partial charge in [-0.05, 0) is 31.5 Å². The molecule has 12 heavy (non-hydrogen) atoms. The van der Waals surface area contributed by atoms with Crippen LogP contribution in [0.5, 0.6) is 0 Å². The maximum atomic E-state index is 5.35. The van der Waals surface area contributed by atoms with Gasteiger partial charge in [-0.3, -0.25) is 0 Å². The van der Waals surface area contributed by atoms with E-state index in [0.717, 1.165) is 11.7 Å². The zero-order valence-electron chi connectivity index (χ0n) is 7.42. The van der Waals surface area contributed by atoms with Gasteiger partial charge in [-0.1, -0.05) is 12.8 Å². The molecule has 1 saturated carbocycles. The molecule has 2 rings (SSSR count). The van der Waals surface area contributed by atoms with Crippen LogP contribution in [0.4, 0.5) is 0 Å². The molecule has 66 valence electrons. The van der Waals surface area contributed by atoms with Crippen LogP contribution in [-0.4, -0.2) is 7.05 Å². The first kappa shape index (κ1) is 7.87. The summed E-state index contributed by atoms with van der Waals surface area (Å²) >= 11 is 0. The van der Waals surface area contributed by atoms with Crippen LogP contribution in [0.15, 0.2) is 22.8 Å². The van der Waals surface area contributed by atoms with Crippen LogP contribution >= 0.6 is 0 Å². The lowest BCUT2D eigenvalue weighted by molar-refractivity contribution is 0.402. The summed E-state index contributed by atoms with van der Waals surface area (Å²) in [4.78, 5) is 0. The fourth-order valence-corrected chi connectivity index (χ4v) is 1.55. The molecule has 1 atom stereocenters. The van der Waals surface area contributed by atoms with Crippen molar-refractivity contribution in [2.45, 2.75) is 25.3 Å². The molecule has 0 aliphatic heterocycles. The quantitative estimate of drug-likeness (QED) is 0.740. The van der Waals surface area contributed by atoms with Gasteiger partial charge in [-0.25, -0.2) is 0 Å². The van der Waals surface area contributed by atoms with Crippen LogP contribution in [0.3, 0.4) is 0 Å². The summed E-state index contributed by atoms with van der Waals surface area (Å²) in [5.74, 6) is 2.01. The Labute approximate surface area is 73.0 Å². The van der Waals surface area contributed by atoms with E-state index in [1.165, 1.54) is 19.3 Å². The molecule has 1 fully saturated rings. The highest BCUT2D eigenvalue weighted by molar-refractivity contribution is 5.05. The van der Waals surface area contributed by atoms with Crippen LogP contribution in [0.1, 0.15) is 31.1 Å². The van der Waals surface area contributed by atoms with E-state index in [2.05, 4.69) is 5.32 Å². The van der Waals surface area contributed by atoms with Crippen LogP contribution < -0.4 is 5.32 Å². The van der Waals surface area contributed by atoms with E-state index in [-0.39, 0.29) is 0 Å². The third kappa shape index (κ3) is 1.69. The Hall–Kier alpha value is -0.760. The van der Waals surface area contributed by atoms with Crippen molar-refractivity contribution in [3.8, 4) is 0 Å². The molecule has 1 heterocycles. The molecule has 2 heteroatoms. The SMILES string of the molecule is CNC(CC1CC1)c1ccco1. The molecule has 1 unspecified atom stereocenters. The zero-order valence-corrected chi connectivity index (χ0v) is 7.42. The Morgan fingerprint density at radius 1 is 1.67 bits per heavy atom. The van der Waals surface area contributed by atoms with Crippen molar-refractivity contribution in [2.24, 2.45) is 5.92 Å². The van der Waals surface area contributed by atoms with Gasteiger partial charge in [0, 0.05) is 0 Å². The van der Waals surface area contributed by atoms with Gasteiger partial charge in [-0.2, -0.15) is 0 Å². The fraction of sp³-hybridized carbons (Fsp3) is 0.600. The van der Waals surface area contributed by atoms with Crippen LogP contribution in [-0.2, 0) is 0 Å². The monoisotopic (exact) mass is 165 g/mol.